The van der Waals surface area contributed by atoms with Crippen molar-refractivity contribution in [2.45, 2.75) is 6.92 Å². The Morgan fingerprint density at radius 1 is 1.35 bits per heavy atom. The lowest BCUT2D eigenvalue weighted by Gasteiger charge is -2.04. The second-order valence-electron chi connectivity index (χ2n) is 3.46. The predicted molar refractivity (Wildman–Crippen MR) is 62.6 cm³/mol. The molecule has 1 aromatic carbocycles. The summed E-state index contributed by atoms with van der Waals surface area (Å²) in [5.41, 5.74) is 1.60. The first kappa shape index (κ1) is 11.1. The van der Waals surface area contributed by atoms with Crippen LogP contribution in [-0.2, 0) is 4.79 Å². The number of rotatable bonds is 3. The van der Waals surface area contributed by atoms with E-state index in [-0.39, 0.29) is 0 Å². The number of methoxy groups -OCH3 is 1. The zero-order valence-electron chi connectivity index (χ0n) is 9.54. The van der Waals surface area contributed by atoms with Gasteiger partial charge in [-0.15, -0.1) is 4.99 Å². The van der Waals surface area contributed by atoms with E-state index >= 15 is 0 Å². The minimum atomic E-state index is 0.461. The third-order valence-electron chi connectivity index (χ3n) is 2.29. The number of benzene rings is 1. The Hall–Kier alpha value is -2.39. The fourth-order valence-corrected chi connectivity index (χ4v) is 1.53. The SMILES string of the molecule is COc1ccc(-n2nc(C)cc2N=C=O)cc1. The van der Waals surface area contributed by atoms with Crippen LogP contribution in [0.2, 0.25) is 0 Å². The zero-order valence-corrected chi connectivity index (χ0v) is 9.54. The first-order chi connectivity index (χ1) is 8.24. The third-order valence-corrected chi connectivity index (χ3v) is 2.29. The van der Waals surface area contributed by atoms with E-state index < -0.39 is 0 Å². The van der Waals surface area contributed by atoms with Gasteiger partial charge in [0.15, 0.2) is 5.82 Å². The number of isocyanates is 1. The quantitative estimate of drug-likeness (QED) is 0.598. The van der Waals surface area contributed by atoms with Crippen LogP contribution in [0.25, 0.3) is 5.69 Å². The molecule has 0 aliphatic carbocycles. The molecule has 0 bridgehead atoms. The molecule has 0 amide bonds. The maximum atomic E-state index is 10.3. The van der Waals surface area contributed by atoms with Crippen molar-refractivity contribution in [3.63, 3.8) is 0 Å². The molecule has 0 unspecified atom stereocenters. The Kier molecular flexibility index (Phi) is 3.03. The van der Waals surface area contributed by atoms with Gasteiger partial charge in [0.05, 0.1) is 18.5 Å². The van der Waals surface area contributed by atoms with E-state index in [1.807, 2.05) is 31.2 Å². The molecule has 0 atom stereocenters. The molecule has 0 saturated carbocycles. The molecule has 17 heavy (non-hydrogen) atoms. The van der Waals surface area contributed by atoms with Crippen LogP contribution < -0.4 is 4.74 Å². The van der Waals surface area contributed by atoms with Gasteiger partial charge in [-0.05, 0) is 31.2 Å². The molecule has 86 valence electrons. The van der Waals surface area contributed by atoms with Crippen molar-refractivity contribution >= 4 is 11.9 Å². The maximum absolute atomic E-state index is 10.3. The van der Waals surface area contributed by atoms with Crippen molar-refractivity contribution in [1.82, 2.24) is 9.78 Å². The van der Waals surface area contributed by atoms with E-state index in [1.165, 1.54) is 6.08 Å². The van der Waals surface area contributed by atoms with E-state index in [9.17, 15) is 4.79 Å². The van der Waals surface area contributed by atoms with Gasteiger partial charge in [-0.3, -0.25) is 0 Å². The smallest absolute Gasteiger partial charge is 0.242 e. The highest BCUT2D eigenvalue weighted by Crippen LogP contribution is 2.21. The van der Waals surface area contributed by atoms with Crippen LogP contribution in [0.5, 0.6) is 5.75 Å². The Morgan fingerprint density at radius 3 is 2.65 bits per heavy atom. The molecule has 2 aromatic rings. The monoisotopic (exact) mass is 229 g/mol. The summed E-state index contributed by atoms with van der Waals surface area (Å²) in [7, 11) is 1.61. The van der Waals surface area contributed by atoms with Gasteiger partial charge in [-0.2, -0.15) is 5.10 Å². The third kappa shape index (κ3) is 2.24. The summed E-state index contributed by atoms with van der Waals surface area (Å²) in [6.07, 6.45) is 1.52. The van der Waals surface area contributed by atoms with Gasteiger partial charge >= 0.3 is 0 Å². The minimum absolute atomic E-state index is 0.461. The molecule has 0 saturated heterocycles. The summed E-state index contributed by atoms with van der Waals surface area (Å²) in [6.45, 7) is 1.84. The van der Waals surface area contributed by atoms with Crippen LogP contribution >= 0.6 is 0 Å². The summed E-state index contributed by atoms with van der Waals surface area (Å²) in [6, 6.07) is 9.04. The number of aryl methyl sites for hydroxylation is 1. The highest BCUT2D eigenvalue weighted by molar-refractivity contribution is 5.50. The van der Waals surface area contributed by atoms with E-state index in [0.717, 1.165) is 17.1 Å². The van der Waals surface area contributed by atoms with Crippen LogP contribution in [0.15, 0.2) is 35.3 Å². The summed E-state index contributed by atoms with van der Waals surface area (Å²) >= 11 is 0. The van der Waals surface area contributed by atoms with E-state index in [4.69, 9.17) is 4.74 Å². The number of ether oxygens (including phenoxy) is 1. The van der Waals surface area contributed by atoms with Gasteiger partial charge in [0.1, 0.15) is 5.75 Å². The Labute approximate surface area is 98.4 Å². The fourth-order valence-electron chi connectivity index (χ4n) is 1.53. The number of nitrogens with zero attached hydrogens (tertiary/aromatic N) is 3. The van der Waals surface area contributed by atoms with Crippen molar-refractivity contribution in [2.24, 2.45) is 4.99 Å². The largest absolute Gasteiger partial charge is 0.497 e. The first-order valence-electron chi connectivity index (χ1n) is 5.03. The Morgan fingerprint density at radius 2 is 2.06 bits per heavy atom. The highest BCUT2D eigenvalue weighted by Gasteiger charge is 2.06. The molecule has 5 nitrogen and oxygen atoms in total. The summed E-state index contributed by atoms with van der Waals surface area (Å²) in [4.78, 5) is 13.9. The van der Waals surface area contributed by atoms with Gasteiger partial charge in [0.25, 0.3) is 0 Å². The van der Waals surface area contributed by atoms with Crippen LogP contribution in [0.4, 0.5) is 5.82 Å². The average Bonchev–Trinajstić information content (AvgIpc) is 2.71. The number of carbonyl (C=O) groups excluding carboxylic acids is 1. The summed E-state index contributed by atoms with van der Waals surface area (Å²) in [5, 5.41) is 4.26. The summed E-state index contributed by atoms with van der Waals surface area (Å²) in [5.74, 6) is 1.22. The van der Waals surface area contributed by atoms with Gasteiger partial charge in [0, 0.05) is 6.07 Å². The lowest BCUT2D eigenvalue weighted by molar-refractivity contribution is 0.414. The molecule has 0 N–H and O–H groups in total. The Balaban J connectivity index is 2.47. The first-order valence-corrected chi connectivity index (χ1v) is 5.03. The van der Waals surface area contributed by atoms with E-state index in [2.05, 4.69) is 10.1 Å². The zero-order chi connectivity index (χ0) is 12.3. The average molecular weight is 229 g/mol. The lowest BCUT2D eigenvalue weighted by atomic mass is 10.3. The molecular formula is C12H11N3O2. The molecule has 0 radical (unpaired) electrons. The van der Waals surface area contributed by atoms with Gasteiger partial charge < -0.3 is 4.74 Å². The molecular weight excluding hydrogens is 218 g/mol. The van der Waals surface area contributed by atoms with Crippen LogP contribution in [0, 0.1) is 6.92 Å². The van der Waals surface area contributed by atoms with Crippen molar-refractivity contribution in [2.75, 3.05) is 7.11 Å². The van der Waals surface area contributed by atoms with Crippen molar-refractivity contribution in [3.05, 3.63) is 36.0 Å². The van der Waals surface area contributed by atoms with Crippen LogP contribution in [0.1, 0.15) is 5.69 Å². The molecule has 2 rings (SSSR count). The molecule has 0 aliphatic heterocycles. The van der Waals surface area contributed by atoms with E-state index in [1.54, 1.807) is 17.9 Å². The predicted octanol–water partition coefficient (Wildman–Crippen LogP) is 2.16. The second kappa shape index (κ2) is 4.63. The standard InChI is InChI=1S/C12H11N3O2/c1-9-7-12(13-8-16)15(14-9)10-3-5-11(17-2)6-4-10/h3-7H,1-2H3. The fraction of sp³-hybridized carbons (Fsp3) is 0.167. The van der Waals surface area contributed by atoms with Gasteiger partial charge in [0.2, 0.25) is 6.08 Å². The van der Waals surface area contributed by atoms with Crippen LogP contribution in [-0.4, -0.2) is 23.0 Å². The minimum Gasteiger partial charge on any atom is -0.497 e. The Bertz CT molecular complexity index is 566. The molecule has 1 aromatic heterocycles. The number of hydrogen-bond acceptors (Lipinski definition) is 4. The second-order valence-corrected chi connectivity index (χ2v) is 3.46. The summed E-state index contributed by atoms with van der Waals surface area (Å²) < 4.78 is 6.66. The molecule has 0 aliphatic rings. The maximum Gasteiger partial charge on any atom is 0.242 e. The molecule has 0 fully saturated rings. The number of aliphatic imine (C=N–C) groups is 1. The molecule has 5 heteroatoms. The van der Waals surface area contributed by atoms with Gasteiger partial charge in [-0.1, -0.05) is 0 Å². The molecule has 1 heterocycles. The molecule has 0 spiro atoms. The van der Waals surface area contributed by atoms with Crippen molar-refractivity contribution in [1.29, 1.82) is 0 Å². The number of hydrogen-bond donors (Lipinski definition) is 0. The van der Waals surface area contributed by atoms with Gasteiger partial charge in [-0.25, -0.2) is 9.48 Å². The topological polar surface area (TPSA) is 56.5 Å². The number of aromatic nitrogens is 2. The normalized spacial score (nSPS) is 9.76. The highest BCUT2D eigenvalue weighted by atomic mass is 16.5. The van der Waals surface area contributed by atoms with Crippen molar-refractivity contribution in [3.8, 4) is 11.4 Å². The lowest BCUT2D eigenvalue weighted by Crippen LogP contribution is -1.96. The van der Waals surface area contributed by atoms with Crippen LogP contribution in [0.3, 0.4) is 0 Å². The van der Waals surface area contributed by atoms with Crippen molar-refractivity contribution < 1.29 is 9.53 Å². The van der Waals surface area contributed by atoms with E-state index in [0.29, 0.717) is 5.82 Å².